The van der Waals surface area contributed by atoms with Gasteiger partial charge < -0.3 is 13.9 Å². The van der Waals surface area contributed by atoms with Crippen molar-refractivity contribution in [1.82, 2.24) is 9.13 Å². The Kier molecular flexibility index (Phi) is 5.11. The van der Waals surface area contributed by atoms with Gasteiger partial charge in [-0.25, -0.2) is 0 Å². The summed E-state index contributed by atoms with van der Waals surface area (Å²) in [7, 11) is 0. The van der Waals surface area contributed by atoms with Crippen LogP contribution < -0.4 is 4.74 Å². The number of allylic oxidation sites excluding steroid dienone is 2. The lowest BCUT2D eigenvalue weighted by molar-refractivity contribution is 0.273. The van der Waals surface area contributed by atoms with E-state index in [1.54, 1.807) is 0 Å². The van der Waals surface area contributed by atoms with Gasteiger partial charge in [0.05, 0.1) is 27.8 Å². The molecule has 3 heteroatoms. The fourth-order valence-corrected chi connectivity index (χ4v) is 7.74. The highest BCUT2D eigenvalue weighted by molar-refractivity contribution is 6.11. The Balaban J connectivity index is 1.21. The van der Waals surface area contributed by atoms with Crippen LogP contribution in [0, 0.1) is 0 Å². The Morgan fingerprint density at radius 1 is 0.489 bits per heavy atom. The van der Waals surface area contributed by atoms with Gasteiger partial charge in [0.1, 0.15) is 11.9 Å². The Morgan fingerprint density at radius 3 is 1.64 bits per heavy atom. The van der Waals surface area contributed by atoms with Gasteiger partial charge in [0.25, 0.3) is 0 Å². The monoisotopic (exact) mass is 576 g/mol. The minimum atomic E-state index is -0.120. The molecule has 0 fully saturated rings. The second kappa shape index (κ2) is 9.35. The van der Waals surface area contributed by atoms with Crippen molar-refractivity contribution in [2.24, 2.45) is 0 Å². The average Bonchev–Trinajstić information content (AvgIpc) is 3.76. The second-order valence-corrected chi connectivity index (χ2v) is 12.1. The van der Waals surface area contributed by atoms with Crippen molar-refractivity contribution in [2.75, 3.05) is 0 Å². The van der Waals surface area contributed by atoms with Crippen LogP contribution in [0.5, 0.6) is 5.75 Å². The van der Waals surface area contributed by atoms with Gasteiger partial charge in [-0.1, -0.05) is 109 Å². The summed E-state index contributed by atoms with van der Waals surface area (Å²) in [6.07, 6.45) is 4.65. The number of hydrogen-bond donors (Lipinski definition) is 0. The van der Waals surface area contributed by atoms with E-state index < -0.39 is 0 Å². The van der Waals surface area contributed by atoms with Crippen molar-refractivity contribution >= 4 is 54.9 Å². The lowest BCUT2D eigenvalue weighted by Gasteiger charge is -2.27. The summed E-state index contributed by atoms with van der Waals surface area (Å²) in [4.78, 5) is 0. The lowest BCUT2D eigenvalue weighted by atomic mass is 9.85. The van der Waals surface area contributed by atoms with Crippen molar-refractivity contribution < 1.29 is 4.74 Å². The SMILES string of the molecule is C1=C(c2cccc(-n3c4ccccc4c4ccccc43)c2)C=C(n2c3ccccc3c3ccccc32)C2Oc3ccccc3C12. The van der Waals surface area contributed by atoms with Crippen LogP contribution >= 0.6 is 0 Å². The van der Waals surface area contributed by atoms with E-state index in [-0.39, 0.29) is 12.0 Å². The first-order chi connectivity index (χ1) is 22.3. The number of benzene rings is 6. The summed E-state index contributed by atoms with van der Waals surface area (Å²) in [5.41, 5.74) is 10.8. The van der Waals surface area contributed by atoms with E-state index in [1.165, 1.54) is 60.3 Å². The normalized spacial score (nSPS) is 17.3. The molecular weight excluding hydrogens is 548 g/mol. The molecule has 1 aliphatic carbocycles. The molecule has 0 amide bonds. The quantitative estimate of drug-likeness (QED) is 0.205. The molecule has 0 saturated heterocycles. The molecule has 0 N–H and O–H groups in total. The second-order valence-electron chi connectivity index (χ2n) is 12.1. The van der Waals surface area contributed by atoms with Crippen molar-refractivity contribution in [1.29, 1.82) is 0 Å². The summed E-state index contributed by atoms with van der Waals surface area (Å²) in [6, 6.07) is 52.4. The molecule has 0 saturated carbocycles. The van der Waals surface area contributed by atoms with Gasteiger partial charge in [0, 0.05) is 38.7 Å². The van der Waals surface area contributed by atoms with Crippen LogP contribution in [-0.2, 0) is 0 Å². The Bertz CT molecular complexity index is 2440. The van der Waals surface area contributed by atoms with Crippen LogP contribution in [-0.4, -0.2) is 15.2 Å². The molecule has 45 heavy (non-hydrogen) atoms. The third kappa shape index (κ3) is 3.52. The predicted molar refractivity (Wildman–Crippen MR) is 186 cm³/mol. The highest BCUT2D eigenvalue weighted by Crippen LogP contribution is 2.49. The maximum Gasteiger partial charge on any atom is 0.149 e. The van der Waals surface area contributed by atoms with Crippen molar-refractivity contribution in [3.63, 3.8) is 0 Å². The molecule has 0 spiro atoms. The summed E-state index contributed by atoms with van der Waals surface area (Å²) in [5, 5.41) is 5.05. The number of para-hydroxylation sites is 5. The zero-order valence-corrected chi connectivity index (χ0v) is 24.5. The number of ether oxygens (including phenoxy) is 1. The molecule has 2 aliphatic rings. The zero-order valence-electron chi connectivity index (χ0n) is 24.5. The number of aromatic nitrogens is 2. The number of rotatable bonds is 3. The van der Waals surface area contributed by atoms with E-state index in [1.807, 2.05) is 0 Å². The zero-order chi connectivity index (χ0) is 29.5. The van der Waals surface area contributed by atoms with E-state index in [2.05, 4.69) is 167 Å². The first-order valence-electron chi connectivity index (χ1n) is 15.6. The summed E-state index contributed by atoms with van der Waals surface area (Å²) in [6.45, 7) is 0. The average molecular weight is 577 g/mol. The molecule has 3 heterocycles. The van der Waals surface area contributed by atoms with Crippen LogP contribution in [0.2, 0.25) is 0 Å². The fourth-order valence-electron chi connectivity index (χ4n) is 7.74. The molecule has 2 unspecified atom stereocenters. The molecule has 6 aromatic carbocycles. The van der Waals surface area contributed by atoms with E-state index in [4.69, 9.17) is 4.74 Å². The molecule has 8 aromatic rings. The maximum absolute atomic E-state index is 6.77. The molecule has 2 aromatic heterocycles. The van der Waals surface area contributed by atoms with Crippen molar-refractivity contribution in [3.8, 4) is 11.4 Å². The van der Waals surface area contributed by atoms with Crippen molar-refractivity contribution in [2.45, 2.75) is 12.0 Å². The van der Waals surface area contributed by atoms with Gasteiger partial charge in [0.15, 0.2) is 0 Å². The minimum absolute atomic E-state index is 0.105. The standard InChI is InChI=1S/C42H28N2O/c1-6-19-36-30(14-1)31-15-2-7-20-37(31)43(36)29-13-11-12-27(24-29)28-25-35-34-18-5-10-23-41(34)45-42(35)40(26-28)44-38-21-8-3-16-32(38)33-17-4-9-22-39(33)44/h1-26,35,42H. The highest BCUT2D eigenvalue weighted by Gasteiger charge is 2.39. The molecular formula is C42H28N2O. The Morgan fingerprint density at radius 2 is 1.02 bits per heavy atom. The van der Waals surface area contributed by atoms with Gasteiger partial charge in [-0.05, 0) is 59.7 Å². The van der Waals surface area contributed by atoms with E-state index >= 15 is 0 Å². The largest absolute Gasteiger partial charge is 0.483 e. The van der Waals surface area contributed by atoms with Gasteiger partial charge in [-0.2, -0.15) is 0 Å². The minimum Gasteiger partial charge on any atom is -0.483 e. The topological polar surface area (TPSA) is 19.1 Å². The first-order valence-corrected chi connectivity index (χ1v) is 15.6. The van der Waals surface area contributed by atoms with Crippen LogP contribution in [0.15, 0.2) is 158 Å². The van der Waals surface area contributed by atoms with E-state index in [0.29, 0.717) is 0 Å². The van der Waals surface area contributed by atoms with Crippen LogP contribution in [0.25, 0.3) is 60.6 Å². The van der Waals surface area contributed by atoms with Gasteiger partial charge in [-0.3, -0.25) is 0 Å². The van der Waals surface area contributed by atoms with Gasteiger partial charge >= 0.3 is 0 Å². The first kappa shape index (κ1) is 24.6. The van der Waals surface area contributed by atoms with Crippen molar-refractivity contribution in [3.05, 3.63) is 169 Å². The van der Waals surface area contributed by atoms with Crippen LogP contribution in [0.1, 0.15) is 17.0 Å². The Hall–Kier alpha value is -5.80. The molecule has 2 atom stereocenters. The molecule has 0 radical (unpaired) electrons. The predicted octanol–water partition coefficient (Wildman–Crippen LogP) is 10.4. The number of nitrogens with zero attached hydrogens (tertiary/aromatic N) is 2. The molecule has 10 rings (SSSR count). The van der Waals surface area contributed by atoms with Gasteiger partial charge in [0.2, 0.25) is 0 Å². The molecule has 0 bridgehead atoms. The third-order valence-electron chi connectivity index (χ3n) is 9.67. The molecule has 3 nitrogen and oxygen atoms in total. The fraction of sp³-hybridized carbons (Fsp3) is 0.0476. The summed E-state index contributed by atoms with van der Waals surface area (Å²) < 4.78 is 11.6. The smallest absolute Gasteiger partial charge is 0.149 e. The highest BCUT2D eigenvalue weighted by atomic mass is 16.5. The molecule has 1 aliphatic heterocycles. The maximum atomic E-state index is 6.77. The van der Waals surface area contributed by atoms with Crippen LogP contribution in [0.4, 0.5) is 0 Å². The number of fused-ring (bicyclic) bond motifs is 9. The third-order valence-corrected chi connectivity index (χ3v) is 9.67. The van der Waals surface area contributed by atoms with E-state index in [0.717, 1.165) is 17.1 Å². The summed E-state index contributed by atoms with van der Waals surface area (Å²) in [5.74, 6) is 1.07. The van der Waals surface area contributed by atoms with E-state index in [9.17, 15) is 0 Å². The lowest BCUT2D eigenvalue weighted by Crippen LogP contribution is -2.25. The van der Waals surface area contributed by atoms with Gasteiger partial charge in [-0.15, -0.1) is 0 Å². The van der Waals surface area contributed by atoms with Crippen LogP contribution in [0.3, 0.4) is 0 Å². The molecule has 212 valence electrons. The number of hydrogen-bond acceptors (Lipinski definition) is 1. The summed E-state index contributed by atoms with van der Waals surface area (Å²) >= 11 is 0. The Labute approximate surface area is 260 Å².